The fourth-order valence-electron chi connectivity index (χ4n) is 5.27. The lowest BCUT2D eigenvalue weighted by Gasteiger charge is -2.23. The smallest absolute Gasteiger partial charge is 0.307 e. The van der Waals surface area contributed by atoms with Crippen LogP contribution in [0.5, 0.6) is 5.88 Å². The van der Waals surface area contributed by atoms with Crippen molar-refractivity contribution in [3.8, 4) is 17.0 Å². The van der Waals surface area contributed by atoms with Gasteiger partial charge in [-0.05, 0) is 74.6 Å². The van der Waals surface area contributed by atoms with Gasteiger partial charge < -0.3 is 14.6 Å². The van der Waals surface area contributed by atoms with E-state index in [9.17, 15) is 18.3 Å². The Morgan fingerprint density at radius 3 is 2.55 bits per heavy atom. The van der Waals surface area contributed by atoms with Gasteiger partial charge in [0.1, 0.15) is 6.10 Å². The van der Waals surface area contributed by atoms with Gasteiger partial charge in [-0.3, -0.25) is 4.79 Å². The van der Waals surface area contributed by atoms with E-state index in [1.54, 1.807) is 0 Å². The normalized spacial score (nSPS) is 23.2. The molecule has 1 saturated carbocycles. The Morgan fingerprint density at radius 2 is 1.87 bits per heavy atom. The van der Waals surface area contributed by atoms with Crippen LogP contribution in [-0.4, -0.2) is 48.7 Å². The topological polar surface area (TPSA) is 103 Å². The molecule has 2 fully saturated rings. The summed E-state index contributed by atoms with van der Waals surface area (Å²) in [5.41, 5.74) is 5.19. The quantitative estimate of drug-likeness (QED) is 0.305. The molecule has 1 aliphatic heterocycles. The van der Waals surface area contributed by atoms with Crippen molar-refractivity contribution in [3.05, 3.63) is 71.5 Å². The molecule has 1 aromatic carbocycles. The molecule has 2 aromatic rings. The molecule has 1 saturated heterocycles. The zero-order valence-corrected chi connectivity index (χ0v) is 23.1. The fourth-order valence-corrected chi connectivity index (χ4v) is 6.72. The van der Waals surface area contributed by atoms with Gasteiger partial charge in [-0.25, -0.2) is 13.4 Å². The molecule has 38 heavy (non-hydrogen) atoms. The molecule has 7 nitrogen and oxygen atoms in total. The van der Waals surface area contributed by atoms with Gasteiger partial charge in [-0.2, -0.15) is 0 Å². The number of aliphatic carboxylic acids is 1. The number of benzene rings is 1. The summed E-state index contributed by atoms with van der Waals surface area (Å²) < 4.78 is 35.2. The van der Waals surface area contributed by atoms with Gasteiger partial charge in [0.05, 0.1) is 30.6 Å². The molecule has 1 aliphatic carbocycles. The van der Waals surface area contributed by atoms with Crippen molar-refractivity contribution in [1.82, 2.24) is 4.98 Å². The maximum Gasteiger partial charge on any atom is 0.307 e. The first kappa shape index (κ1) is 28.0. The maximum absolute atomic E-state index is 11.7. The monoisotopic (exact) mass is 539 g/mol. The molecule has 1 aromatic heterocycles. The zero-order valence-electron chi connectivity index (χ0n) is 22.3. The van der Waals surface area contributed by atoms with Gasteiger partial charge in [-0.1, -0.05) is 42.5 Å². The molecule has 204 valence electrons. The SMILES string of the molecule is C/C=C/C1C(C/C=C/COCc2cccc(-c3ccc(OC4CCS(=O)(=O)CC4)nc3C)c2C)[C@@H]1C(=O)O. The summed E-state index contributed by atoms with van der Waals surface area (Å²) in [5, 5.41) is 9.32. The van der Waals surface area contributed by atoms with Crippen LogP contribution in [0, 0.1) is 31.6 Å². The fraction of sp³-hybridized carbons (Fsp3) is 0.467. The van der Waals surface area contributed by atoms with E-state index in [1.165, 1.54) is 0 Å². The summed E-state index contributed by atoms with van der Waals surface area (Å²) >= 11 is 0. The minimum Gasteiger partial charge on any atom is -0.481 e. The van der Waals surface area contributed by atoms with E-state index in [-0.39, 0.29) is 35.4 Å². The standard InChI is InChI=1S/C30H37NO6S/c1-4-8-26-27(29(26)30(32)33)10-5-6-16-36-19-22-9-7-11-24(20(22)2)25-12-13-28(31-21(25)3)37-23-14-17-38(34,35)18-15-23/h4-9,11-13,23,26-27,29H,10,14-19H2,1-3H3,(H,32,33)/b6-5+,8-4+/t26?,27?,29-/m1/s1. The number of nitrogens with zero attached hydrogens (tertiary/aromatic N) is 1. The molecule has 0 radical (unpaired) electrons. The molecule has 2 aliphatic rings. The lowest BCUT2D eigenvalue weighted by Crippen LogP contribution is -2.30. The van der Waals surface area contributed by atoms with Crippen LogP contribution < -0.4 is 4.74 Å². The minimum absolute atomic E-state index is 0.120. The van der Waals surface area contributed by atoms with Crippen molar-refractivity contribution < 1.29 is 27.8 Å². The number of carbonyl (C=O) groups is 1. The van der Waals surface area contributed by atoms with Crippen molar-refractivity contribution in [3.63, 3.8) is 0 Å². The predicted octanol–water partition coefficient (Wildman–Crippen LogP) is 5.31. The number of carboxylic acids is 1. The van der Waals surface area contributed by atoms with Crippen molar-refractivity contribution in [1.29, 1.82) is 0 Å². The van der Waals surface area contributed by atoms with Crippen LogP contribution in [0.1, 0.15) is 43.0 Å². The first-order valence-corrected chi connectivity index (χ1v) is 15.0. The van der Waals surface area contributed by atoms with Crippen LogP contribution >= 0.6 is 0 Å². The van der Waals surface area contributed by atoms with Gasteiger partial charge in [0.2, 0.25) is 5.88 Å². The lowest BCUT2D eigenvalue weighted by molar-refractivity contribution is -0.139. The first-order valence-electron chi connectivity index (χ1n) is 13.2. The van der Waals surface area contributed by atoms with Gasteiger partial charge in [-0.15, -0.1) is 0 Å². The second kappa shape index (κ2) is 12.3. The maximum atomic E-state index is 11.7. The number of hydrogen-bond donors (Lipinski definition) is 1. The number of carboxylic acid groups (broad SMARTS) is 1. The molecule has 0 spiro atoms. The summed E-state index contributed by atoms with van der Waals surface area (Å²) in [6.07, 6.45) is 9.54. The Labute approximate surface area is 225 Å². The van der Waals surface area contributed by atoms with E-state index in [0.717, 1.165) is 34.4 Å². The van der Waals surface area contributed by atoms with Crippen molar-refractivity contribution in [2.24, 2.45) is 17.8 Å². The molecule has 2 unspecified atom stereocenters. The summed E-state index contributed by atoms with van der Waals surface area (Å²) in [4.78, 5) is 16.0. The van der Waals surface area contributed by atoms with Crippen LogP contribution in [0.15, 0.2) is 54.6 Å². The number of sulfone groups is 1. The first-order chi connectivity index (χ1) is 18.2. The lowest BCUT2D eigenvalue weighted by atomic mass is 9.96. The Morgan fingerprint density at radius 1 is 1.11 bits per heavy atom. The molecule has 0 amide bonds. The molecule has 3 atom stereocenters. The molecule has 1 N–H and O–H groups in total. The average molecular weight is 540 g/mol. The van der Waals surface area contributed by atoms with Gasteiger partial charge in [0, 0.05) is 17.3 Å². The van der Waals surface area contributed by atoms with Crippen LogP contribution in [0.3, 0.4) is 0 Å². The number of hydrogen-bond acceptors (Lipinski definition) is 6. The Kier molecular flexibility index (Phi) is 9.05. The van der Waals surface area contributed by atoms with E-state index in [1.807, 2.05) is 56.4 Å². The number of aromatic nitrogens is 1. The zero-order chi connectivity index (χ0) is 27.3. The molecule has 4 rings (SSSR count). The Balaban J connectivity index is 1.31. The number of allylic oxidation sites excluding steroid dienone is 3. The largest absolute Gasteiger partial charge is 0.481 e. The van der Waals surface area contributed by atoms with Crippen LogP contribution in [0.25, 0.3) is 11.1 Å². The number of aryl methyl sites for hydroxylation is 1. The predicted molar refractivity (Wildman–Crippen MR) is 148 cm³/mol. The minimum atomic E-state index is -2.93. The summed E-state index contributed by atoms with van der Waals surface area (Å²) in [5.74, 6) is 0.184. The van der Waals surface area contributed by atoms with E-state index in [0.29, 0.717) is 31.9 Å². The van der Waals surface area contributed by atoms with Crippen LogP contribution in [0.2, 0.25) is 0 Å². The number of pyridine rings is 1. The summed E-state index contributed by atoms with van der Waals surface area (Å²) in [6, 6.07) is 10.0. The van der Waals surface area contributed by atoms with Crippen LogP contribution in [-0.2, 0) is 26.0 Å². The highest BCUT2D eigenvalue weighted by Gasteiger charge is 2.52. The summed E-state index contributed by atoms with van der Waals surface area (Å²) in [6.45, 7) is 6.90. The van der Waals surface area contributed by atoms with E-state index >= 15 is 0 Å². The van der Waals surface area contributed by atoms with E-state index in [2.05, 4.69) is 24.0 Å². The Hall–Kier alpha value is -2.97. The van der Waals surface area contributed by atoms with Gasteiger partial charge >= 0.3 is 5.97 Å². The third-order valence-corrected chi connectivity index (χ3v) is 9.28. The highest BCUT2D eigenvalue weighted by molar-refractivity contribution is 7.91. The van der Waals surface area contributed by atoms with Crippen molar-refractivity contribution in [2.45, 2.75) is 52.7 Å². The summed E-state index contributed by atoms with van der Waals surface area (Å²) in [7, 11) is -2.93. The number of rotatable bonds is 11. The second-order valence-electron chi connectivity index (χ2n) is 10.2. The highest BCUT2D eigenvalue weighted by atomic mass is 32.2. The van der Waals surface area contributed by atoms with E-state index < -0.39 is 15.8 Å². The van der Waals surface area contributed by atoms with Gasteiger partial charge in [0.25, 0.3) is 0 Å². The van der Waals surface area contributed by atoms with Crippen LogP contribution in [0.4, 0.5) is 0 Å². The van der Waals surface area contributed by atoms with Crippen molar-refractivity contribution in [2.75, 3.05) is 18.1 Å². The van der Waals surface area contributed by atoms with Crippen molar-refractivity contribution >= 4 is 15.8 Å². The second-order valence-corrected chi connectivity index (χ2v) is 12.5. The molecule has 2 heterocycles. The highest BCUT2D eigenvalue weighted by Crippen LogP contribution is 2.50. The third-order valence-electron chi connectivity index (χ3n) is 7.56. The molecule has 8 heteroatoms. The molecule has 0 bridgehead atoms. The van der Waals surface area contributed by atoms with E-state index in [4.69, 9.17) is 9.47 Å². The van der Waals surface area contributed by atoms with Gasteiger partial charge in [0.15, 0.2) is 9.84 Å². The number of ether oxygens (including phenoxy) is 2. The Bertz CT molecular complexity index is 1300. The molecular weight excluding hydrogens is 502 g/mol. The third kappa shape index (κ3) is 6.91. The average Bonchev–Trinajstić information content (AvgIpc) is 3.57. The molecular formula is C30H37NO6S.